The third-order valence-electron chi connectivity index (χ3n) is 2.33. The van der Waals surface area contributed by atoms with Gasteiger partial charge in [0.2, 0.25) is 0 Å². The van der Waals surface area contributed by atoms with Crippen LogP contribution in [0.4, 0.5) is 0 Å². The van der Waals surface area contributed by atoms with Crippen LogP contribution in [0.5, 0.6) is 5.75 Å². The Hall–Kier alpha value is -2.00. The Bertz CT molecular complexity index is 495. The molecule has 0 unspecified atom stereocenters. The fourth-order valence-corrected chi connectivity index (χ4v) is 1.48. The van der Waals surface area contributed by atoms with E-state index in [1.807, 2.05) is 30.3 Å². The van der Waals surface area contributed by atoms with Crippen LogP contribution < -0.4 is 4.74 Å². The van der Waals surface area contributed by atoms with E-state index >= 15 is 0 Å². The van der Waals surface area contributed by atoms with Crippen molar-refractivity contribution in [2.75, 3.05) is 7.11 Å². The summed E-state index contributed by atoms with van der Waals surface area (Å²) in [6.45, 7) is 0. The molecule has 100 valence electrons. The van der Waals surface area contributed by atoms with Gasteiger partial charge in [0.05, 0.1) is 12.7 Å². The lowest BCUT2D eigenvalue weighted by Gasteiger charge is -1.98. The molecule has 0 aliphatic carbocycles. The molecule has 0 radical (unpaired) electrons. The number of carbonyl (C=O) groups is 1. The number of carboxylic acids is 1. The summed E-state index contributed by atoms with van der Waals surface area (Å²) < 4.78 is 4.86. The summed E-state index contributed by atoms with van der Waals surface area (Å²) in [5.41, 5.74) is 1.44. The molecule has 19 heavy (non-hydrogen) atoms. The molecule has 0 amide bonds. The van der Waals surface area contributed by atoms with Gasteiger partial charge in [0, 0.05) is 5.88 Å². The van der Waals surface area contributed by atoms with Crippen molar-refractivity contribution in [2.45, 2.75) is 5.88 Å². The summed E-state index contributed by atoms with van der Waals surface area (Å²) in [5.74, 6) is 0.351. The van der Waals surface area contributed by atoms with Gasteiger partial charge < -0.3 is 9.84 Å². The minimum Gasteiger partial charge on any atom is -0.497 e. The van der Waals surface area contributed by atoms with Gasteiger partial charge in [0.25, 0.3) is 0 Å². The van der Waals surface area contributed by atoms with Crippen LogP contribution in [0.2, 0.25) is 0 Å². The normalized spacial score (nSPS) is 9.16. The standard InChI is InChI=1S/C8H8O3.C7H7Cl/c1-11-7-4-2-6(3-5-7)8(9)10;8-6-7-4-2-1-3-5-7/h2-5H,1H3,(H,9,10);1-5H,6H2. The van der Waals surface area contributed by atoms with E-state index in [4.69, 9.17) is 21.4 Å². The Morgan fingerprint density at radius 1 is 1.11 bits per heavy atom. The van der Waals surface area contributed by atoms with Gasteiger partial charge in [-0.2, -0.15) is 0 Å². The molecular weight excluding hydrogens is 264 g/mol. The van der Waals surface area contributed by atoms with Crippen molar-refractivity contribution in [1.82, 2.24) is 0 Å². The van der Waals surface area contributed by atoms with Crippen LogP contribution in [0.1, 0.15) is 15.9 Å². The Kier molecular flexibility index (Phi) is 6.47. The van der Waals surface area contributed by atoms with Crippen molar-refractivity contribution in [2.24, 2.45) is 0 Å². The average molecular weight is 279 g/mol. The SMILES string of the molecule is COc1ccc(C(=O)O)cc1.ClCc1ccccc1. The molecule has 0 spiro atoms. The van der Waals surface area contributed by atoms with Crippen molar-refractivity contribution in [3.8, 4) is 5.75 Å². The summed E-state index contributed by atoms with van der Waals surface area (Å²) in [6, 6.07) is 16.2. The third kappa shape index (κ3) is 5.44. The van der Waals surface area contributed by atoms with Gasteiger partial charge in [-0.3, -0.25) is 0 Å². The van der Waals surface area contributed by atoms with Gasteiger partial charge in [-0.05, 0) is 29.8 Å². The molecule has 2 aromatic rings. The van der Waals surface area contributed by atoms with Crippen molar-refractivity contribution in [1.29, 1.82) is 0 Å². The molecule has 0 saturated carbocycles. The monoisotopic (exact) mass is 278 g/mol. The largest absolute Gasteiger partial charge is 0.497 e. The van der Waals surface area contributed by atoms with Gasteiger partial charge in [0.1, 0.15) is 5.75 Å². The van der Waals surface area contributed by atoms with Gasteiger partial charge in [-0.25, -0.2) is 4.79 Å². The van der Waals surface area contributed by atoms with E-state index in [2.05, 4.69) is 0 Å². The fourth-order valence-electron chi connectivity index (χ4n) is 1.30. The van der Waals surface area contributed by atoms with Crippen LogP contribution in [0.25, 0.3) is 0 Å². The van der Waals surface area contributed by atoms with Crippen LogP contribution in [-0.4, -0.2) is 18.2 Å². The van der Waals surface area contributed by atoms with E-state index in [1.54, 1.807) is 12.1 Å². The van der Waals surface area contributed by atoms with Crippen molar-refractivity contribution in [3.63, 3.8) is 0 Å². The van der Waals surface area contributed by atoms with Gasteiger partial charge in [-0.15, -0.1) is 11.6 Å². The third-order valence-corrected chi connectivity index (χ3v) is 2.64. The number of methoxy groups -OCH3 is 1. The number of rotatable bonds is 3. The second kappa shape index (κ2) is 8.16. The first-order chi connectivity index (χ1) is 9.17. The van der Waals surface area contributed by atoms with E-state index in [1.165, 1.54) is 24.8 Å². The molecule has 0 saturated heterocycles. The maximum absolute atomic E-state index is 10.4. The number of carboxylic acid groups (broad SMARTS) is 1. The van der Waals surface area contributed by atoms with Crippen molar-refractivity contribution >= 4 is 17.6 Å². The number of hydrogen-bond donors (Lipinski definition) is 1. The fraction of sp³-hybridized carbons (Fsp3) is 0.133. The summed E-state index contributed by atoms with van der Waals surface area (Å²) in [6.07, 6.45) is 0. The minimum atomic E-state index is -0.923. The first kappa shape index (κ1) is 15.1. The lowest BCUT2D eigenvalue weighted by atomic mass is 10.2. The molecule has 0 atom stereocenters. The summed E-state index contributed by atoms with van der Waals surface area (Å²) >= 11 is 5.53. The van der Waals surface area contributed by atoms with Gasteiger partial charge in [0.15, 0.2) is 0 Å². The highest BCUT2D eigenvalue weighted by molar-refractivity contribution is 6.17. The van der Waals surface area contributed by atoms with Crippen LogP contribution in [0.3, 0.4) is 0 Å². The number of benzene rings is 2. The minimum absolute atomic E-state index is 0.269. The van der Waals surface area contributed by atoms with Gasteiger partial charge >= 0.3 is 5.97 Å². The molecule has 2 aromatic carbocycles. The zero-order valence-corrected chi connectivity index (χ0v) is 11.3. The smallest absolute Gasteiger partial charge is 0.335 e. The molecule has 0 bridgehead atoms. The molecule has 0 aromatic heterocycles. The second-order valence-corrected chi connectivity index (χ2v) is 3.92. The van der Waals surface area contributed by atoms with E-state index in [-0.39, 0.29) is 5.56 Å². The summed E-state index contributed by atoms with van der Waals surface area (Å²) in [7, 11) is 1.54. The number of ether oxygens (including phenoxy) is 1. The predicted molar refractivity (Wildman–Crippen MR) is 76.0 cm³/mol. The molecule has 0 heterocycles. The van der Waals surface area contributed by atoms with Crippen molar-refractivity contribution < 1.29 is 14.6 Å². The Balaban J connectivity index is 0.000000200. The molecule has 0 aliphatic rings. The quantitative estimate of drug-likeness (QED) is 0.868. The average Bonchev–Trinajstić information content (AvgIpc) is 2.48. The Morgan fingerprint density at radius 3 is 2.05 bits per heavy atom. The molecule has 4 heteroatoms. The molecule has 0 fully saturated rings. The van der Waals surface area contributed by atoms with E-state index < -0.39 is 5.97 Å². The summed E-state index contributed by atoms with van der Waals surface area (Å²) in [5, 5.41) is 8.51. The Labute approximate surface area is 117 Å². The first-order valence-corrected chi connectivity index (χ1v) is 6.18. The zero-order valence-electron chi connectivity index (χ0n) is 10.5. The van der Waals surface area contributed by atoms with E-state index in [9.17, 15) is 4.79 Å². The predicted octanol–water partition coefficient (Wildman–Crippen LogP) is 3.82. The topological polar surface area (TPSA) is 46.5 Å². The maximum atomic E-state index is 10.4. The summed E-state index contributed by atoms with van der Waals surface area (Å²) in [4.78, 5) is 10.4. The number of hydrogen-bond acceptors (Lipinski definition) is 2. The second-order valence-electron chi connectivity index (χ2n) is 3.65. The highest BCUT2D eigenvalue weighted by Crippen LogP contribution is 2.10. The number of halogens is 1. The van der Waals surface area contributed by atoms with E-state index in [0.29, 0.717) is 11.6 Å². The van der Waals surface area contributed by atoms with Crippen LogP contribution in [-0.2, 0) is 5.88 Å². The lowest BCUT2D eigenvalue weighted by Crippen LogP contribution is -1.95. The van der Waals surface area contributed by atoms with Crippen LogP contribution in [0, 0.1) is 0 Å². The molecule has 3 nitrogen and oxygen atoms in total. The molecule has 1 N–H and O–H groups in total. The van der Waals surface area contributed by atoms with E-state index in [0.717, 1.165) is 0 Å². The van der Waals surface area contributed by atoms with Crippen LogP contribution >= 0.6 is 11.6 Å². The number of alkyl halides is 1. The molecule has 2 rings (SSSR count). The lowest BCUT2D eigenvalue weighted by molar-refractivity contribution is 0.0697. The maximum Gasteiger partial charge on any atom is 0.335 e. The van der Waals surface area contributed by atoms with Crippen molar-refractivity contribution in [3.05, 3.63) is 65.7 Å². The number of aromatic carboxylic acids is 1. The Morgan fingerprint density at radius 2 is 1.68 bits per heavy atom. The highest BCUT2D eigenvalue weighted by atomic mass is 35.5. The molecule has 0 aliphatic heterocycles. The van der Waals surface area contributed by atoms with Crippen LogP contribution in [0.15, 0.2) is 54.6 Å². The molecular formula is C15H15ClO3. The first-order valence-electron chi connectivity index (χ1n) is 5.64. The zero-order chi connectivity index (χ0) is 14.1. The highest BCUT2D eigenvalue weighted by Gasteiger charge is 2.00. The van der Waals surface area contributed by atoms with Gasteiger partial charge in [-0.1, -0.05) is 30.3 Å².